The summed E-state index contributed by atoms with van der Waals surface area (Å²) in [6.45, 7) is 4.16. The van der Waals surface area contributed by atoms with Crippen molar-refractivity contribution in [3.05, 3.63) is 29.3 Å². The fraction of sp³-hybridized carbons (Fsp3) is 0.400. The van der Waals surface area contributed by atoms with Crippen molar-refractivity contribution in [2.24, 2.45) is 0 Å². The molecule has 0 aliphatic carbocycles. The first-order valence-electron chi connectivity index (χ1n) is 4.03. The van der Waals surface area contributed by atoms with Gasteiger partial charge in [-0.05, 0) is 23.1 Å². The molecule has 0 aliphatic rings. The Bertz CT molecular complexity index is 269. The van der Waals surface area contributed by atoms with Crippen LogP contribution in [0.3, 0.4) is 0 Å². The van der Waals surface area contributed by atoms with Gasteiger partial charge in [-0.2, -0.15) is 0 Å². The number of halogens is 1. The van der Waals surface area contributed by atoms with Crippen LogP contribution in [0.15, 0.2) is 18.2 Å². The Kier molecular flexibility index (Phi) is 3.38. The van der Waals surface area contributed by atoms with Crippen LogP contribution in [0.25, 0.3) is 0 Å². The van der Waals surface area contributed by atoms with Crippen LogP contribution in [0.5, 0.6) is 5.75 Å². The predicted molar refractivity (Wildman–Crippen MR) is 59.9 cm³/mol. The molecular weight excluding hydrogens is 263 g/mol. The van der Waals surface area contributed by atoms with Gasteiger partial charge in [-0.15, -0.1) is 0 Å². The lowest BCUT2D eigenvalue weighted by atomic mass is 10.0. The Morgan fingerprint density at radius 1 is 1.42 bits per heavy atom. The van der Waals surface area contributed by atoms with E-state index < -0.39 is 0 Å². The van der Waals surface area contributed by atoms with Crippen molar-refractivity contribution in [1.82, 2.24) is 0 Å². The first-order chi connectivity index (χ1) is 5.65. The molecule has 0 aromatic heterocycles. The molecule has 0 spiro atoms. The van der Waals surface area contributed by atoms with Crippen molar-refractivity contribution in [3.8, 4) is 5.75 Å². The van der Waals surface area contributed by atoms with Gasteiger partial charge in [-0.25, -0.2) is 0 Å². The zero-order chi connectivity index (χ0) is 9.14. The van der Waals surface area contributed by atoms with Gasteiger partial charge in [-0.3, -0.25) is 0 Å². The van der Waals surface area contributed by atoms with Gasteiger partial charge >= 0.3 is 0 Å². The predicted octanol–water partition coefficient (Wildman–Crippen LogP) is 3.45. The maximum Gasteiger partial charge on any atom is 0.119 e. The number of hydrogen-bond acceptors (Lipinski definition) is 1. The Hall–Kier alpha value is -0.250. The van der Waals surface area contributed by atoms with Crippen LogP contribution in [-0.4, -0.2) is 5.11 Å². The molecule has 0 saturated carbocycles. The van der Waals surface area contributed by atoms with E-state index in [-0.39, 0.29) is 0 Å². The largest absolute Gasteiger partial charge is 0.508 e. The van der Waals surface area contributed by atoms with Gasteiger partial charge in [0.2, 0.25) is 0 Å². The van der Waals surface area contributed by atoms with Crippen molar-refractivity contribution in [2.75, 3.05) is 0 Å². The summed E-state index contributed by atoms with van der Waals surface area (Å²) in [6.07, 6.45) is 0. The Labute approximate surface area is 86.9 Å². The van der Waals surface area contributed by atoms with Gasteiger partial charge in [0.05, 0.1) is 0 Å². The van der Waals surface area contributed by atoms with Gasteiger partial charge < -0.3 is 5.11 Å². The highest BCUT2D eigenvalue weighted by atomic mass is 127. The maximum absolute atomic E-state index is 9.59. The van der Waals surface area contributed by atoms with Crippen LogP contribution in [0.1, 0.15) is 30.9 Å². The summed E-state index contributed by atoms with van der Waals surface area (Å²) in [5.74, 6) is 0.826. The quantitative estimate of drug-likeness (QED) is 0.648. The van der Waals surface area contributed by atoms with Crippen LogP contribution < -0.4 is 0 Å². The molecule has 1 aromatic carbocycles. The topological polar surface area (TPSA) is 20.2 Å². The fourth-order valence-corrected chi connectivity index (χ4v) is 1.64. The number of phenols is 1. The monoisotopic (exact) mass is 276 g/mol. The summed E-state index contributed by atoms with van der Waals surface area (Å²) in [5, 5.41) is 9.59. The lowest BCUT2D eigenvalue weighted by molar-refractivity contribution is 0.464. The molecule has 0 aliphatic heterocycles. The molecule has 1 rings (SSSR count). The van der Waals surface area contributed by atoms with E-state index in [0.29, 0.717) is 11.7 Å². The highest BCUT2D eigenvalue weighted by Crippen LogP contribution is 2.26. The minimum Gasteiger partial charge on any atom is -0.508 e. The van der Waals surface area contributed by atoms with Crippen molar-refractivity contribution >= 4 is 22.6 Å². The van der Waals surface area contributed by atoms with E-state index in [0.717, 1.165) is 9.99 Å². The lowest BCUT2D eigenvalue weighted by Gasteiger charge is -2.08. The molecular formula is C10H13IO. The molecule has 0 bridgehead atoms. The first-order valence-corrected chi connectivity index (χ1v) is 5.55. The van der Waals surface area contributed by atoms with E-state index in [4.69, 9.17) is 0 Å². The lowest BCUT2D eigenvalue weighted by Crippen LogP contribution is -1.88. The van der Waals surface area contributed by atoms with Gasteiger partial charge in [0, 0.05) is 4.43 Å². The second-order valence-electron chi connectivity index (χ2n) is 3.18. The minimum absolute atomic E-state index is 0.397. The van der Waals surface area contributed by atoms with Crippen LogP contribution in [0, 0.1) is 0 Å². The van der Waals surface area contributed by atoms with Crippen molar-refractivity contribution in [2.45, 2.75) is 24.2 Å². The highest BCUT2D eigenvalue weighted by Gasteiger charge is 2.05. The van der Waals surface area contributed by atoms with Crippen LogP contribution >= 0.6 is 22.6 Å². The zero-order valence-corrected chi connectivity index (χ0v) is 9.50. The molecule has 1 nitrogen and oxygen atoms in total. The van der Waals surface area contributed by atoms with Crippen LogP contribution in [0.4, 0.5) is 0 Å². The fourth-order valence-electron chi connectivity index (χ4n) is 1.16. The van der Waals surface area contributed by atoms with E-state index in [1.54, 1.807) is 0 Å². The Morgan fingerprint density at radius 3 is 2.50 bits per heavy atom. The van der Waals surface area contributed by atoms with Gasteiger partial charge in [0.25, 0.3) is 0 Å². The summed E-state index contributed by atoms with van der Waals surface area (Å²) in [5.41, 5.74) is 2.21. The summed E-state index contributed by atoms with van der Waals surface area (Å²) in [4.78, 5) is 0. The molecule has 66 valence electrons. The standard InChI is InChI=1S/C10H13IO/c1-7(2)9-4-3-8(6-11)5-10(9)12/h3-5,7,12H,6H2,1-2H3. The Morgan fingerprint density at radius 2 is 2.08 bits per heavy atom. The molecule has 0 fully saturated rings. The number of hydrogen-bond donors (Lipinski definition) is 1. The van der Waals surface area contributed by atoms with E-state index >= 15 is 0 Å². The second kappa shape index (κ2) is 4.12. The van der Waals surface area contributed by atoms with E-state index in [1.165, 1.54) is 5.56 Å². The molecule has 2 heteroatoms. The number of phenolic OH excluding ortho intramolecular Hbond substituents is 1. The van der Waals surface area contributed by atoms with E-state index in [1.807, 2.05) is 12.1 Å². The molecule has 0 saturated heterocycles. The minimum atomic E-state index is 0.397. The second-order valence-corrected chi connectivity index (χ2v) is 3.94. The van der Waals surface area contributed by atoms with Crippen molar-refractivity contribution in [1.29, 1.82) is 0 Å². The van der Waals surface area contributed by atoms with Crippen LogP contribution in [-0.2, 0) is 4.43 Å². The highest BCUT2D eigenvalue weighted by molar-refractivity contribution is 14.1. The number of alkyl halides is 1. The van der Waals surface area contributed by atoms with E-state index in [9.17, 15) is 5.11 Å². The average molecular weight is 276 g/mol. The van der Waals surface area contributed by atoms with Crippen molar-refractivity contribution < 1.29 is 5.11 Å². The maximum atomic E-state index is 9.59. The molecule has 0 amide bonds. The molecule has 0 heterocycles. The third-order valence-electron chi connectivity index (χ3n) is 1.87. The number of rotatable bonds is 2. The summed E-state index contributed by atoms with van der Waals surface area (Å²) < 4.78 is 0.948. The van der Waals surface area contributed by atoms with Gasteiger partial charge in [-0.1, -0.05) is 48.6 Å². The molecule has 0 unspecified atom stereocenters. The normalized spacial score (nSPS) is 10.7. The Balaban J connectivity index is 3.03. The summed E-state index contributed by atoms with van der Waals surface area (Å²) in [7, 11) is 0. The SMILES string of the molecule is CC(C)c1ccc(CI)cc1O. The first kappa shape index (κ1) is 9.84. The van der Waals surface area contributed by atoms with Gasteiger partial charge in [0.15, 0.2) is 0 Å². The molecule has 0 radical (unpaired) electrons. The number of benzene rings is 1. The molecule has 0 atom stereocenters. The van der Waals surface area contributed by atoms with E-state index in [2.05, 4.69) is 42.5 Å². The third kappa shape index (κ3) is 2.12. The summed E-state index contributed by atoms with van der Waals surface area (Å²) >= 11 is 2.29. The summed E-state index contributed by atoms with van der Waals surface area (Å²) in [6, 6.07) is 5.93. The smallest absolute Gasteiger partial charge is 0.119 e. The van der Waals surface area contributed by atoms with Crippen molar-refractivity contribution in [3.63, 3.8) is 0 Å². The third-order valence-corrected chi connectivity index (χ3v) is 2.75. The molecule has 12 heavy (non-hydrogen) atoms. The average Bonchev–Trinajstić information content (AvgIpc) is 2.03. The molecule has 1 N–H and O–H groups in total. The van der Waals surface area contributed by atoms with Gasteiger partial charge in [0.1, 0.15) is 5.75 Å². The molecule has 1 aromatic rings. The number of aromatic hydroxyl groups is 1. The zero-order valence-electron chi connectivity index (χ0n) is 7.34. The van der Waals surface area contributed by atoms with Crippen LogP contribution in [0.2, 0.25) is 0 Å².